The molecule has 0 saturated carbocycles. The van der Waals surface area contributed by atoms with Crippen molar-refractivity contribution < 1.29 is 0 Å². The molecule has 0 saturated heterocycles. The molecule has 4 heteroatoms. The second kappa shape index (κ2) is 11.7. The van der Waals surface area contributed by atoms with Crippen LogP contribution in [0.3, 0.4) is 0 Å². The van der Waals surface area contributed by atoms with Crippen molar-refractivity contribution in [1.82, 2.24) is 19.1 Å². The van der Waals surface area contributed by atoms with Crippen molar-refractivity contribution in [2.24, 2.45) is 0 Å². The maximum Gasteiger partial charge on any atom is 0.235 e. The van der Waals surface area contributed by atoms with Crippen LogP contribution in [0.4, 0.5) is 0 Å². The van der Waals surface area contributed by atoms with E-state index >= 15 is 0 Å². The molecule has 276 valence electrons. The van der Waals surface area contributed by atoms with E-state index in [-0.39, 0.29) is 5.41 Å². The van der Waals surface area contributed by atoms with Crippen LogP contribution in [0.25, 0.3) is 110 Å². The molecule has 0 aliphatic heterocycles. The molecule has 0 radical (unpaired) electrons. The molecule has 12 aromatic rings. The Morgan fingerprint density at radius 3 is 1.78 bits per heavy atom. The molecule has 1 aliphatic carbocycles. The van der Waals surface area contributed by atoms with Gasteiger partial charge in [0.05, 0.1) is 39.0 Å². The first-order chi connectivity index (χ1) is 29.0. The van der Waals surface area contributed by atoms with Gasteiger partial charge in [0.2, 0.25) is 5.95 Å². The van der Waals surface area contributed by atoms with Crippen LogP contribution in [-0.4, -0.2) is 19.1 Å². The summed E-state index contributed by atoms with van der Waals surface area (Å²) in [5, 5.41) is 10.7. The van der Waals surface area contributed by atoms with E-state index < -0.39 is 0 Å². The van der Waals surface area contributed by atoms with Crippen molar-refractivity contribution in [2.75, 3.05) is 0 Å². The maximum absolute atomic E-state index is 5.62. The normalized spacial score (nSPS) is 13.4. The third-order valence-electron chi connectivity index (χ3n) is 13.1. The first kappa shape index (κ1) is 32.5. The zero-order valence-electron chi connectivity index (χ0n) is 32.6. The van der Waals surface area contributed by atoms with Crippen molar-refractivity contribution in [2.45, 2.75) is 19.3 Å². The summed E-state index contributed by atoms with van der Waals surface area (Å²) in [6.07, 6.45) is 0. The molecule has 3 heterocycles. The standard InChI is InChI=1S/C55H36N4/c1-55(2)44-23-9-5-20-38(44)52-40(22-14-24-45(52)55)53-39-21-6-10-25-46(39)56-54(57-53)59-48-27-12-8-19-37(48)43-30-35-17-13-28-49(41(35)32-51(43)59)58-47-26-11-7-18-36(47)42-29-33-15-3-4-16-34(33)31-50(42)58/h3-32H,1-2H3. The smallest absolute Gasteiger partial charge is 0.235 e. The van der Waals surface area contributed by atoms with Crippen LogP contribution >= 0.6 is 0 Å². The van der Waals surface area contributed by atoms with Gasteiger partial charge in [-0.1, -0.05) is 147 Å². The van der Waals surface area contributed by atoms with Gasteiger partial charge in [-0.15, -0.1) is 0 Å². The summed E-state index contributed by atoms with van der Waals surface area (Å²) in [5.74, 6) is 0.660. The summed E-state index contributed by atoms with van der Waals surface area (Å²) < 4.78 is 4.75. The summed E-state index contributed by atoms with van der Waals surface area (Å²) in [4.78, 5) is 11.0. The summed E-state index contributed by atoms with van der Waals surface area (Å²) in [6.45, 7) is 4.67. The number of rotatable bonds is 3. The maximum atomic E-state index is 5.62. The Labute approximate surface area is 340 Å². The van der Waals surface area contributed by atoms with E-state index in [0.717, 1.165) is 38.9 Å². The third-order valence-corrected chi connectivity index (χ3v) is 13.1. The first-order valence-corrected chi connectivity index (χ1v) is 20.4. The molecule has 0 N–H and O–H groups in total. The molecule has 9 aromatic carbocycles. The molecule has 4 nitrogen and oxygen atoms in total. The predicted octanol–water partition coefficient (Wildman–Crippen LogP) is 14.1. The van der Waals surface area contributed by atoms with Gasteiger partial charge in [0.1, 0.15) is 0 Å². The number of aromatic nitrogens is 4. The lowest BCUT2D eigenvalue weighted by Gasteiger charge is -2.21. The fourth-order valence-corrected chi connectivity index (χ4v) is 10.4. The van der Waals surface area contributed by atoms with Crippen molar-refractivity contribution in [1.29, 1.82) is 0 Å². The third kappa shape index (κ3) is 4.43. The molecule has 59 heavy (non-hydrogen) atoms. The monoisotopic (exact) mass is 752 g/mol. The van der Waals surface area contributed by atoms with Gasteiger partial charge in [-0.2, -0.15) is 0 Å². The zero-order valence-corrected chi connectivity index (χ0v) is 32.6. The number of nitrogens with zero attached hydrogens (tertiary/aromatic N) is 4. The SMILES string of the molecule is CC1(C)c2ccccc2-c2c(-c3nc(-n4c5ccccc5c5cc6cccc(-n7c8ccccc8c8cc9ccccc9cc87)c6cc54)nc4ccccc34)cccc21. The fourth-order valence-electron chi connectivity index (χ4n) is 10.4. The van der Waals surface area contributed by atoms with Crippen LogP contribution in [0.15, 0.2) is 182 Å². The van der Waals surface area contributed by atoms with Gasteiger partial charge in [-0.05, 0) is 86.9 Å². The highest BCUT2D eigenvalue weighted by Crippen LogP contribution is 2.52. The van der Waals surface area contributed by atoms with E-state index in [4.69, 9.17) is 9.97 Å². The van der Waals surface area contributed by atoms with Gasteiger partial charge >= 0.3 is 0 Å². The average Bonchev–Trinajstić information content (AvgIpc) is 3.86. The van der Waals surface area contributed by atoms with E-state index in [1.807, 2.05) is 0 Å². The Hall–Kier alpha value is -7.56. The molecule has 0 atom stereocenters. The Morgan fingerprint density at radius 2 is 0.966 bits per heavy atom. The molecule has 0 amide bonds. The van der Waals surface area contributed by atoms with Crippen LogP contribution in [-0.2, 0) is 5.41 Å². The molecule has 0 unspecified atom stereocenters. The van der Waals surface area contributed by atoms with Crippen LogP contribution in [0, 0.1) is 0 Å². The van der Waals surface area contributed by atoms with Crippen LogP contribution in [0.1, 0.15) is 25.0 Å². The molecule has 0 spiro atoms. The zero-order chi connectivity index (χ0) is 39.0. The minimum Gasteiger partial charge on any atom is -0.309 e. The van der Waals surface area contributed by atoms with Crippen molar-refractivity contribution in [3.63, 3.8) is 0 Å². The summed E-state index contributed by atoms with van der Waals surface area (Å²) in [5.41, 5.74) is 13.8. The summed E-state index contributed by atoms with van der Waals surface area (Å²) >= 11 is 0. The lowest BCUT2D eigenvalue weighted by molar-refractivity contribution is 0.660. The van der Waals surface area contributed by atoms with E-state index in [1.54, 1.807) is 0 Å². The van der Waals surface area contributed by atoms with Gasteiger partial charge < -0.3 is 4.57 Å². The van der Waals surface area contributed by atoms with Crippen LogP contribution in [0.2, 0.25) is 0 Å². The van der Waals surface area contributed by atoms with E-state index in [2.05, 4.69) is 205 Å². The number of hydrogen-bond donors (Lipinski definition) is 0. The van der Waals surface area contributed by atoms with Crippen LogP contribution < -0.4 is 0 Å². The first-order valence-electron chi connectivity index (χ1n) is 20.4. The Kier molecular flexibility index (Phi) is 6.48. The number of fused-ring (bicyclic) bond motifs is 12. The molecular weight excluding hydrogens is 717 g/mol. The van der Waals surface area contributed by atoms with Gasteiger partial charge in [-0.25, -0.2) is 9.97 Å². The van der Waals surface area contributed by atoms with Crippen LogP contribution in [0.5, 0.6) is 0 Å². The highest BCUT2D eigenvalue weighted by Gasteiger charge is 2.37. The quantitative estimate of drug-likeness (QED) is 0.180. The van der Waals surface area contributed by atoms with Gasteiger partial charge in [-0.3, -0.25) is 4.57 Å². The molecule has 0 fully saturated rings. The van der Waals surface area contributed by atoms with Gasteiger partial charge in [0, 0.05) is 43.3 Å². The molecule has 1 aliphatic rings. The Bertz CT molecular complexity index is 3770. The Balaban J connectivity index is 1.12. The van der Waals surface area contributed by atoms with Gasteiger partial charge in [0.15, 0.2) is 0 Å². The molecule has 3 aromatic heterocycles. The van der Waals surface area contributed by atoms with Gasteiger partial charge in [0.25, 0.3) is 0 Å². The lowest BCUT2D eigenvalue weighted by Crippen LogP contribution is -2.14. The highest BCUT2D eigenvalue weighted by atomic mass is 15.2. The second-order valence-corrected chi connectivity index (χ2v) is 16.6. The second-order valence-electron chi connectivity index (χ2n) is 16.6. The van der Waals surface area contributed by atoms with E-state index in [1.165, 1.54) is 76.4 Å². The molecule has 13 rings (SSSR count). The van der Waals surface area contributed by atoms with E-state index in [0.29, 0.717) is 5.95 Å². The number of para-hydroxylation sites is 3. The topological polar surface area (TPSA) is 35.6 Å². The Morgan fingerprint density at radius 1 is 0.390 bits per heavy atom. The number of benzene rings is 9. The summed E-state index contributed by atoms with van der Waals surface area (Å²) in [7, 11) is 0. The minimum absolute atomic E-state index is 0.122. The van der Waals surface area contributed by atoms with Crippen molar-refractivity contribution in [3.8, 4) is 34.0 Å². The van der Waals surface area contributed by atoms with Crippen molar-refractivity contribution in [3.05, 3.63) is 193 Å². The minimum atomic E-state index is -0.122. The molecular formula is C55H36N4. The largest absolute Gasteiger partial charge is 0.309 e. The van der Waals surface area contributed by atoms with E-state index in [9.17, 15) is 0 Å². The fraction of sp³-hybridized carbons (Fsp3) is 0.0545. The predicted molar refractivity (Wildman–Crippen MR) is 246 cm³/mol. The average molecular weight is 753 g/mol. The molecule has 0 bridgehead atoms. The summed E-state index contributed by atoms with van der Waals surface area (Å²) in [6, 6.07) is 66.4. The lowest BCUT2D eigenvalue weighted by atomic mass is 9.82. The van der Waals surface area contributed by atoms with Crippen molar-refractivity contribution >= 4 is 76.1 Å². The highest BCUT2D eigenvalue weighted by molar-refractivity contribution is 6.17. The number of hydrogen-bond acceptors (Lipinski definition) is 2.